The van der Waals surface area contributed by atoms with Crippen LogP contribution in [0.3, 0.4) is 0 Å². The summed E-state index contributed by atoms with van der Waals surface area (Å²) < 4.78 is 5.22. The first kappa shape index (κ1) is 13.7. The second-order valence-electron chi connectivity index (χ2n) is 3.96. The van der Waals surface area contributed by atoms with Gasteiger partial charge in [0.05, 0.1) is 0 Å². The van der Waals surface area contributed by atoms with Gasteiger partial charge in [-0.2, -0.15) is 0 Å². The predicted octanol–water partition coefficient (Wildman–Crippen LogP) is 4.19. The van der Waals surface area contributed by atoms with Crippen LogP contribution >= 0.6 is 0 Å². The molecule has 0 aliphatic carbocycles. The molecule has 1 atom stereocenters. The number of hydrogen-bond acceptors (Lipinski definition) is 1. The van der Waals surface area contributed by atoms with Crippen molar-refractivity contribution in [1.82, 2.24) is 0 Å². The van der Waals surface area contributed by atoms with Gasteiger partial charge in [0.15, 0.2) is 0 Å². The van der Waals surface area contributed by atoms with Gasteiger partial charge in [-0.15, -0.1) is 0 Å². The van der Waals surface area contributed by atoms with E-state index in [1.165, 1.54) is 38.5 Å². The average molecular weight is 198 g/mol. The molecule has 0 radical (unpaired) electrons. The second kappa shape index (κ2) is 10.8. The summed E-state index contributed by atoms with van der Waals surface area (Å²) in [6.07, 6.45) is 12.2. The highest BCUT2D eigenvalue weighted by Crippen LogP contribution is 2.15. The maximum atomic E-state index is 5.22. The zero-order valence-corrected chi connectivity index (χ0v) is 10.1. The molecule has 0 rings (SSSR count). The van der Waals surface area contributed by atoms with E-state index in [9.17, 15) is 0 Å². The van der Waals surface area contributed by atoms with Gasteiger partial charge in [0.2, 0.25) is 0 Å². The third-order valence-corrected chi connectivity index (χ3v) is 2.57. The van der Waals surface area contributed by atoms with E-state index in [-0.39, 0.29) is 0 Å². The fourth-order valence-electron chi connectivity index (χ4n) is 1.82. The van der Waals surface area contributed by atoms with Crippen molar-refractivity contribution in [2.24, 2.45) is 5.92 Å². The molecule has 0 saturated carbocycles. The van der Waals surface area contributed by atoms with Gasteiger partial charge in [-0.3, -0.25) is 0 Å². The van der Waals surface area contributed by atoms with E-state index in [1.807, 2.05) is 7.11 Å². The van der Waals surface area contributed by atoms with Gasteiger partial charge >= 0.3 is 0 Å². The van der Waals surface area contributed by atoms with Crippen molar-refractivity contribution in [1.29, 1.82) is 0 Å². The average Bonchev–Trinajstić information content (AvgIpc) is 2.18. The quantitative estimate of drug-likeness (QED) is 0.399. The number of methoxy groups -OCH3 is 1. The summed E-state index contributed by atoms with van der Waals surface area (Å²) in [4.78, 5) is 0. The minimum Gasteiger partial charge on any atom is -0.384 e. The molecule has 0 fully saturated rings. The molecule has 0 aliphatic rings. The van der Waals surface area contributed by atoms with Gasteiger partial charge in [-0.05, 0) is 38.5 Å². The van der Waals surface area contributed by atoms with Crippen molar-refractivity contribution in [2.45, 2.75) is 52.4 Å². The van der Waals surface area contributed by atoms with Crippen molar-refractivity contribution in [3.8, 4) is 0 Å². The van der Waals surface area contributed by atoms with Crippen LogP contribution in [0.4, 0.5) is 0 Å². The van der Waals surface area contributed by atoms with Crippen LogP contribution in [0, 0.1) is 5.92 Å². The van der Waals surface area contributed by atoms with E-state index in [1.54, 1.807) is 0 Å². The van der Waals surface area contributed by atoms with Crippen LogP contribution in [0.5, 0.6) is 0 Å². The fourth-order valence-corrected chi connectivity index (χ4v) is 1.82. The summed E-state index contributed by atoms with van der Waals surface area (Å²) in [7, 11) is 1.81. The Hall–Kier alpha value is -0.300. The Morgan fingerprint density at radius 1 is 1.21 bits per heavy atom. The van der Waals surface area contributed by atoms with Crippen LogP contribution in [0.15, 0.2) is 12.2 Å². The van der Waals surface area contributed by atoms with Gasteiger partial charge in [-0.25, -0.2) is 0 Å². The van der Waals surface area contributed by atoms with Crippen molar-refractivity contribution < 1.29 is 4.74 Å². The Kier molecular flexibility index (Phi) is 10.5. The maximum Gasteiger partial charge on any atom is 0.0490 e. The summed E-state index contributed by atoms with van der Waals surface area (Å²) in [6.45, 7) is 5.28. The third kappa shape index (κ3) is 8.31. The molecule has 0 saturated heterocycles. The van der Waals surface area contributed by atoms with Crippen LogP contribution in [0.1, 0.15) is 52.4 Å². The zero-order valence-electron chi connectivity index (χ0n) is 10.1. The van der Waals surface area contributed by atoms with Gasteiger partial charge < -0.3 is 4.74 Å². The molecule has 0 bridgehead atoms. The standard InChI is InChI=1S/C13H26O/c1-4-6-7-8-9-11-13(10-5-2)12-14-3/h4,6,13H,5,7-12H2,1-3H3. The van der Waals surface area contributed by atoms with E-state index in [4.69, 9.17) is 4.74 Å². The molecule has 14 heavy (non-hydrogen) atoms. The topological polar surface area (TPSA) is 9.23 Å². The summed E-state index contributed by atoms with van der Waals surface area (Å²) in [5, 5.41) is 0. The lowest BCUT2D eigenvalue weighted by molar-refractivity contribution is 0.141. The normalized spacial score (nSPS) is 13.6. The smallest absolute Gasteiger partial charge is 0.0490 e. The van der Waals surface area contributed by atoms with Crippen LogP contribution in [-0.2, 0) is 4.74 Å². The molecule has 0 aliphatic heterocycles. The number of rotatable bonds is 9. The Bertz CT molecular complexity index is 123. The lowest BCUT2D eigenvalue weighted by Gasteiger charge is -2.14. The molecule has 1 unspecified atom stereocenters. The van der Waals surface area contributed by atoms with E-state index < -0.39 is 0 Å². The van der Waals surface area contributed by atoms with E-state index in [2.05, 4.69) is 26.0 Å². The fraction of sp³-hybridized carbons (Fsp3) is 0.846. The predicted molar refractivity (Wildman–Crippen MR) is 63.6 cm³/mol. The molecular weight excluding hydrogens is 172 g/mol. The maximum absolute atomic E-state index is 5.22. The van der Waals surface area contributed by atoms with Crippen molar-refractivity contribution in [3.63, 3.8) is 0 Å². The number of ether oxygens (including phenoxy) is 1. The van der Waals surface area contributed by atoms with Gasteiger partial charge in [0.1, 0.15) is 0 Å². The molecule has 1 nitrogen and oxygen atoms in total. The largest absolute Gasteiger partial charge is 0.384 e. The van der Waals surface area contributed by atoms with E-state index >= 15 is 0 Å². The Balaban J connectivity index is 3.39. The molecule has 0 amide bonds. The Labute approximate surface area is 89.5 Å². The van der Waals surface area contributed by atoms with Crippen LogP contribution in [0.2, 0.25) is 0 Å². The van der Waals surface area contributed by atoms with Crippen molar-refractivity contribution in [3.05, 3.63) is 12.2 Å². The number of unbranched alkanes of at least 4 members (excludes halogenated alkanes) is 2. The lowest BCUT2D eigenvalue weighted by atomic mass is 9.97. The molecule has 0 aromatic carbocycles. The van der Waals surface area contributed by atoms with Gasteiger partial charge in [0.25, 0.3) is 0 Å². The van der Waals surface area contributed by atoms with E-state index in [0.29, 0.717) is 0 Å². The minimum absolute atomic E-state index is 0.788. The molecule has 0 aromatic rings. The van der Waals surface area contributed by atoms with Crippen LogP contribution in [0.25, 0.3) is 0 Å². The summed E-state index contributed by atoms with van der Waals surface area (Å²) in [5.74, 6) is 0.788. The first-order valence-electron chi connectivity index (χ1n) is 5.95. The molecule has 84 valence electrons. The van der Waals surface area contributed by atoms with Crippen LogP contribution < -0.4 is 0 Å². The highest BCUT2D eigenvalue weighted by Gasteiger charge is 2.06. The van der Waals surface area contributed by atoms with E-state index in [0.717, 1.165) is 12.5 Å². The molecule has 1 heteroatoms. The monoisotopic (exact) mass is 198 g/mol. The molecule has 0 heterocycles. The number of allylic oxidation sites excluding steroid dienone is 2. The third-order valence-electron chi connectivity index (χ3n) is 2.57. The highest BCUT2D eigenvalue weighted by molar-refractivity contribution is 4.76. The van der Waals surface area contributed by atoms with Gasteiger partial charge in [0, 0.05) is 13.7 Å². The van der Waals surface area contributed by atoms with Crippen LogP contribution in [-0.4, -0.2) is 13.7 Å². The van der Waals surface area contributed by atoms with Gasteiger partial charge in [-0.1, -0.05) is 31.9 Å². The lowest BCUT2D eigenvalue weighted by Crippen LogP contribution is -2.07. The molecular formula is C13H26O. The highest BCUT2D eigenvalue weighted by atomic mass is 16.5. The summed E-state index contributed by atoms with van der Waals surface area (Å²) in [5.41, 5.74) is 0. The molecule has 0 aromatic heterocycles. The van der Waals surface area contributed by atoms with Crippen molar-refractivity contribution >= 4 is 0 Å². The second-order valence-corrected chi connectivity index (χ2v) is 3.96. The first-order chi connectivity index (χ1) is 6.85. The summed E-state index contributed by atoms with van der Waals surface area (Å²) >= 11 is 0. The minimum atomic E-state index is 0.788. The Morgan fingerprint density at radius 3 is 2.57 bits per heavy atom. The summed E-state index contributed by atoms with van der Waals surface area (Å²) in [6, 6.07) is 0. The molecule has 0 spiro atoms. The number of hydrogen-bond donors (Lipinski definition) is 0. The molecule has 0 N–H and O–H groups in total. The SMILES string of the molecule is CC=CCCCCC(CCC)COC. The zero-order chi connectivity index (χ0) is 10.6. The Morgan fingerprint density at radius 2 is 2.00 bits per heavy atom. The first-order valence-corrected chi connectivity index (χ1v) is 5.95. The van der Waals surface area contributed by atoms with Crippen molar-refractivity contribution in [2.75, 3.05) is 13.7 Å².